The molecular formula is C19H19ClN4O3. The molecule has 2 aromatic carbocycles. The Morgan fingerprint density at radius 3 is 2.74 bits per heavy atom. The second kappa shape index (κ2) is 8.64. The molecule has 0 aliphatic heterocycles. The van der Waals surface area contributed by atoms with Gasteiger partial charge in [0.2, 0.25) is 5.91 Å². The molecule has 0 saturated heterocycles. The van der Waals surface area contributed by atoms with E-state index in [2.05, 4.69) is 10.3 Å². The Hall–Kier alpha value is -2.93. The fourth-order valence-electron chi connectivity index (χ4n) is 2.54. The first-order chi connectivity index (χ1) is 13.1. The van der Waals surface area contributed by atoms with E-state index in [9.17, 15) is 9.59 Å². The zero-order chi connectivity index (χ0) is 19.2. The van der Waals surface area contributed by atoms with Crippen LogP contribution in [0.2, 0.25) is 5.02 Å². The smallest absolute Gasteiger partial charge is 0.277 e. The van der Waals surface area contributed by atoms with Gasteiger partial charge in [0.15, 0.2) is 0 Å². The minimum absolute atomic E-state index is 0.111. The van der Waals surface area contributed by atoms with Crippen LogP contribution in [0.1, 0.15) is 6.42 Å². The van der Waals surface area contributed by atoms with Crippen LogP contribution < -0.4 is 10.3 Å². The lowest BCUT2D eigenvalue weighted by Crippen LogP contribution is -2.33. The normalized spacial score (nSPS) is 10.7. The van der Waals surface area contributed by atoms with Gasteiger partial charge in [0.05, 0.1) is 23.5 Å². The number of hydrogen-bond donors (Lipinski definition) is 0. The third kappa shape index (κ3) is 4.62. The maximum absolute atomic E-state index is 12.4. The molecule has 0 aliphatic rings. The molecule has 1 amide bonds. The molecule has 0 saturated carbocycles. The molecule has 0 fully saturated rings. The van der Waals surface area contributed by atoms with Gasteiger partial charge in [0, 0.05) is 13.5 Å². The molecule has 3 aromatic rings. The van der Waals surface area contributed by atoms with Crippen LogP contribution in [0.15, 0.2) is 53.3 Å². The van der Waals surface area contributed by atoms with Crippen LogP contribution >= 0.6 is 11.6 Å². The van der Waals surface area contributed by atoms with E-state index in [0.717, 1.165) is 0 Å². The number of amides is 1. The predicted molar refractivity (Wildman–Crippen MR) is 103 cm³/mol. The maximum atomic E-state index is 12.4. The van der Waals surface area contributed by atoms with Crippen molar-refractivity contribution in [3.8, 4) is 5.75 Å². The Bertz CT molecular complexity index is 1010. The third-order valence-electron chi connectivity index (χ3n) is 4.11. The number of halogens is 1. The Kier molecular flexibility index (Phi) is 6.03. The molecule has 0 N–H and O–H groups in total. The number of aryl methyl sites for hydroxylation is 1. The monoisotopic (exact) mass is 386 g/mol. The van der Waals surface area contributed by atoms with Crippen molar-refractivity contribution < 1.29 is 9.53 Å². The minimum atomic E-state index is -0.252. The van der Waals surface area contributed by atoms with Crippen molar-refractivity contribution >= 4 is 28.4 Å². The highest BCUT2D eigenvalue weighted by Gasteiger charge is 2.11. The van der Waals surface area contributed by atoms with Gasteiger partial charge in [-0.3, -0.25) is 9.59 Å². The van der Waals surface area contributed by atoms with Crippen molar-refractivity contribution in [2.45, 2.75) is 13.0 Å². The van der Waals surface area contributed by atoms with E-state index < -0.39 is 0 Å². The van der Waals surface area contributed by atoms with Crippen LogP contribution in [0.4, 0.5) is 0 Å². The molecule has 7 nitrogen and oxygen atoms in total. The Labute approximate surface area is 161 Å². The summed E-state index contributed by atoms with van der Waals surface area (Å²) in [6, 6.07) is 14.2. The summed E-state index contributed by atoms with van der Waals surface area (Å²) >= 11 is 6.03. The molecule has 0 atom stereocenters. The molecule has 1 aromatic heterocycles. The zero-order valence-electron chi connectivity index (χ0n) is 14.8. The summed E-state index contributed by atoms with van der Waals surface area (Å²) in [4.78, 5) is 26.2. The van der Waals surface area contributed by atoms with Crippen molar-refractivity contribution in [1.29, 1.82) is 0 Å². The molecule has 3 rings (SSSR count). The SMILES string of the molecule is CN(CCOc1ccccc1Cl)C(=O)CCn1nnc2ccccc2c1=O. The fourth-order valence-corrected chi connectivity index (χ4v) is 2.73. The van der Waals surface area contributed by atoms with Crippen molar-refractivity contribution in [2.24, 2.45) is 0 Å². The average molecular weight is 387 g/mol. The van der Waals surface area contributed by atoms with E-state index in [4.69, 9.17) is 16.3 Å². The first kappa shape index (κ1) is 18.8. The lowest BCUT2D eigenvalue weighted by Gasteiger charge is -2.18. The van der Waals surface area contributed by atoms with Gasteiger partial charge in [-0.05, 0) is 24.3 Å². The van der Waals surface area contributed by atoms with Gasteiger partial charge in [0.1, 0.15) is 17.9 Å². The van der Waals surface area contributed by atoms with Gasteiger partial charge in [-0.1, -0.05) is 41.1 Å². The van der Waals surface area contributed by atoms with Gasteiger partial charge < -0.3 is 9.64 Å². The number of nitrogens with zero attached hydrogens (tertiary/aromatic N) is 4. The van der Waals surface area contributed by atoms with E-state index in [1.807, 2.05) is 12.1 Å². The molecule has 0 spiro atoms. The van der Waals surface area contributed by atoms with E-state index in [1.54, 1.807) is 48.3 Å². The van der Waals surface area contributed by atoms with E-state index >= 15 is 0 Å². The highest BCUT2D eigenvalue weighted by atomic mass is 35.5. The first-order valence-corrected chi connectivity index (χ1v) is 8.88. The summed E-state index contributed by atoms with van der Waals surface area (Å²) in [5.41, 5.74) is 0.289. The molecule has 8 heteroatoms. The van der Waals surface area contributed by atoms with Crippen LogP contribution in [0.5, 0.6) is 5.75 Å². The summed E-state index contributed by atoms with van der Waals surface area (Å²) in [5.74, 6) is 0.470. The van der Waals surface area contributed by atoms with Crippen LogP contribution in [0.25, 0.3) is 10.9 Å². The summed E-state index contributed by atoms with van der Waals surface area (Å²) in [7, 11) is 1.69. The van der Waals surface area contributed by atoms with Crippen LogP contribution in [0.3, 0.4) is 0 Å². The second-order valence-corrected chi connectivity index (χ2v) is 6.39. The number of para-hydroxylation sites is 1. The number of rotatable bonds is 7. The van der Waals surface area contributed by atoms with Gasteiger partial charge >= 0.3 is 0 Å². The number of fused-ring (bicyclic) bond motifs is 1. The Morgan fingerprint density at radius 1 is 1.19 bits per heavy atom. The fraction of sp³-hybridized carbons (Fsp3) is 0.263. The molecule has 0 radical (unpaired) electrons. The standard InChI is InChI=1S/C19H19ClN4O3/c1-23(12-13-27-17-9-5-3-7-15(17)20)18(25)10-11-24-19(26)14-6-2-4-8-16(14)21-22-24/h2-9H,10-13H2,1H3. The lowest BCUT2D eigenvalue weighted by atomic mass is 10.2. The zero-order valence-corrected chi connectivity index (χ0v) is 15.6. The van der Waals surface area contributed by atoms with Crippen molar-refractivity contribution in [3.05, 3.63) is 63.9 Å². The number of ether oxygens (including phenoxy) is 1. The van der Waals surface area contributed by atoms with Gasteiger partial charge in [-0.2, -0.15) is 0 Å². The van der Waals surface area contributed by atoms with Gasteiger partial charge in [-0.15, -0.1) is 5.10 Å². The number of benzene rings is 2. The largest absolute Gasteiger partial charge is 0.490 e. The highest BCUT2D eigenvalue weighted by molar-refractivity contribution is 6.32. The maximum Gasteiger partial charge on any atom is 0.277 e. The number of carbonyl (C=O) groups excluding carboxylic acids is 1. The summed E-state index contributed by atoms with van der Waals surface area (Å²) in [6.45, 7) is 0.898. The lowest BCUT2D eigenvalue weighted by molar-refractivity contribution is -0.130. The second-order valence-electron chi connectivity index (χ2n) is 5.98. The topological polar surface area (TPSA) is 77.3 Å². The number of aromatic nitrogens is 3. The van der Waals surface area contributed by atoms with Crippen LogP contribution in [-0.2, 0) is 11.3 Å². The molecule has 1 heterocycles. The quantitative estimate of drug-likeness (QED) is 0.623. The molecular weight excluding hydrogens is 368 g/mol. The number of hydrogen-bond acceptors (Lipinski definition) is 5. The number of carbonyl (C=O) groups is 1. The molecule has 0 aliphatic carbocycles. The Morgan fingerprint density at radius 2 is 1.93 bits per heavy atom. The van der Waals surface area contributed by atoms with Crippen molar-refractivity contribution in [2.75, 3.05) is 20.2 Å². The third-order valence-corrected chi connectivity index (χ3v) is 4.43. The molecule has 0 bridgehead atoms. The van der Waals surface area contributed by atoms with Crippen LogP contribution in [0, 0.1) is 0 Å². The minimum Gasteiger partial charge on any atom is -0.490 e. The van der Waals surface area contributed by atoms with Crippen molar-refractivity contribution in [3.63, 3.8) is 0 Å². The van der Waals surface area contributed by atoms with E-state index in [1.165, 1.54) is 4.68 Å². The van der Waals surface area contributed by atoms with Gasteiger partial charge in [-0.25, -0.2) is 4.68 Å². The molecule has 27 heavy (non-hydrogen) atoms. The number of likely N-dealkylation sites (N-methyl/N-ethyl adjacent to an activating group) is 1. The summed E-state index contributed by atoms with van der Waals surface area (Å²) in [5, 5.41) is 8.92. The molecule has 140 valence electrons. The van der Waals surface area contributed by atoms with Crippen LogP contribution in [-0.4, -0.2) is 46.0 Å². The Balaban J connectivity index is 1.52. The van der Waals surface area contributed by atoms with E-state index in [0.29, 0.717) is 34.8 Å². The molecule has 0 unspecified atom stereocenters. The highest BCUT2D eigenvalue weighted by Crippen LogP contribution is 2.22. The summed E-state index contributed by atoms with van der Waals surface area (Å²) < 4.78 is 6.80. The average Bonchev–Trinajstić information content (AvgIpc) is 2.69. The summed E-state index contributed by atoms with van der Waals surface area (Å²) in [6.07, 6.45) is 0.148. The first-order valence-electron chi connectivity index (χ1n) is 8.50. The van der Waals surface area contributed by atoms with Crippen molar-refractivity contribution in [1.82, 2.24) is 19.9 Å². The predicted octanol–water partition coefficient (Wildman–Crippen LogP) is 2.37. The van der Waals surface area contributed by atoms with Gasteiger partial charge in [0.25, 0.3) is 5.56 Å². The van der Waals surface area contributed by atoms with E-state index in [-0.39, 0.29) is 24.4 Å².